The van der Waals surface area contributed by atoms with E-state index in [1.807, 2.05) is 47.4 Å². The van der Waals surface area contributed by atoms with Gasteiger partial charge in [0.25, 0.3) is 5.91 Å². The molecule has 1 spiro atoms. The lowest BCUT2D eigenvalue weighted by Crippen LogP contribution is -2.40. The number of rotatable bonds is 8. The van der Waals surface area contributed by atoms with Gasteiger partial charge in [0.2, 0.25) is 0 Å². The summed E-state index contributed by atoms with van der Waals surface area (Å²) in [6.07, 6.45) is 8.48. The van der Waals surface area contributed by atoms with Gasteiger partial charge in [-0.05, 0) is 42.0 Å². The van der Waals surface area contributed by atoms with Gasteiger partial charge in [0.05, 0.1) is 12.1 Å². The lowest BCUT2D eigenvalue weighted by molar-refractivity contribution is -0.131. The molecule has 1 fully saturated rings. The molecule has 0 unspecified atom stereocenters. The van der Waals surface area contributed by atoms with Crippen LogP contribution < -0.4 is 0 Å². The minimum Gasteiger partial charge on any atom is -0.478 e. The quantitative estimate of drug-likeness (QED) is 0.441. The zero-order valence-corrected chi connectivity index (χ0v) is 18.6. The number of carboxylic acid groups (broad SMARTS) is 1. The number of hydrogen-bond acceptors (Lipinski definition) is 3. The van der Waals surface area contributed by atoms with E-state index in [1.54, 1.807) is 18.2 Å². The molecular weight excluding hydrogens is 400 g/mol. The van der Waals surface area contributed by atoms with Gasteiger partial charge >= 0.3 is 5.97 Å². The summed E-state index contributed by atoms with van der Waals surface area (Å²) in [5.74, 6) is 0.129. The molecule has 0 bridgehead atoms. The number of benzene rings is 2. The zero-order valence-electron chi connectivity index (χ0n) is 18.6. The monoisotopic (exact) mass is 430 g/mol. The van der Waals surface area contributed by atoms with Crippen LogP contribution in [0.15, 0.2) is 59.6 Å². The molecule has 1 aliphatic carbocycles. The maximum Gasteiger partial charge on any atom is 0.336 e. The van der Waals surface area contributed by atoms with Crippen LogP contribution in [0.2, 0.25) is 0 Å². The first-order valence-electron chi connectivity index (χ1n) is 11.5. The molecule has 4 rings (SSSR count). The van der Waals surface area contributed by atoms with E-state index in [1.165, 1.54) is 0 Å². The third-order valence-corrected chi connectivity index (χ3v) is 6.43. The second-order valence-corrected chi connectivity index (χ2v) is 8.73. The summed E-state index contributed by atoms with van der Waals surface area (Å²) in [7, 11) is 0. The fraction of sp³-hybridized carbons (Fsp3) is 0.370. The average molecular weight is 431 g/mol. The predicted octanol–water partition coefficient (Wildman–Crippen LogP) is 5.56. The largest absolute Gasteiger partial charge is 0.478 e. The molecule has 2 aliphatic rings. The van der Waals surface area contributed by atoms with Crippen molar-refractivity contribution in [2.75, 3.05) is 0 Å². The third kappa shape index (κ3) is 4.52. The lowest BCUT2D eigenvalue weighted by Gasteiger charge is -2.22. The molecular formula is C27H30N2O3. The van der Waals surface area contributed by atoms with Crippen LogP contribution in [0.25, 0.3) is 11.6 Å². The van der Waals surface area contributed by atoms with Gasteiger partial charge < -0.3 is 5.11 Å². The Kier molecular flexibility index (Phi) is 6.54. The van der Waals surface area contributed by atoms with Crippen LogP contribution in [0, 0.1) is 0 Å². The SMILES string of the molecule is CCCCC1=NC2(CCCC2)C(=O)N1Cc1ccc(/C=C(/C(=O)O)c2ccccc2)cc1. The number of carboxylic acids is 1. The molecule has 5 heteroatoms. The van der Waals surface area contributed by atoms with Crippen molar-refractivity contribution in [3.63, 3.8) is 0 Å². The van der Waals surface area contributed by atoms with Gasteiger partial charge in [-0.1, -0.05) is 80.8 Å². The Hall–Kier alpha value is -3.21. The summed E-state index contributed by atoms with van der Waals surface area (Å²) >= 11 is 0. The number of amidine groups is 1. The highest BCUT2D eigenvalue weighted by atomic mass is 16.4. The second kappa shape index (κ2) is 9.51. The Balaban J connectivity index is 1.53. The van der Waals surface area contributed by atoms with Crippen LogP contribution in [0.3, 0.4) is 0 Å². The Morgan fingerprint density at radius 3 is 2.41 bits per heavy atom. The summed E-state index contributed by atoms with van der Waals surface area (Å²) in [5, 5.41) is 9.64. The topological polar surface area (TPSA) is 70.0 Å². The number of aliphatic carboxylic acids is 1. The second-order valence-electron chi connectivity index (χ2n) is 8.73. The molecule has 1 saturated carbocycles. The van der Waals surface area contributed by atoms with Gasteiger partial charge in [-0.2, -0.15) is 0 Å². The number of hydrogen-bond donors (Lipinski definition) is 1. The molecule has 1 aliphatic heterocycles. The predicted molar refractivity (Wildman–Crippen MR) is 127 cm³/mol. The van der Waals surface area contributed by atoms with Gasteiger partial charge in [0.1, 0.15) is 11.4 Å². The highest BCUT2D eigenvalue weighted by Crippen LogP contribution is 2.40. The minimum absolute atomic E-state index is 0.155. The molecule has 0 aromatic heterocycles. The first-order valence-corrected chi connectivity index (χ1v) is 11.5. The van der Waals surface area contributed by atoms with Crippen LogP contribution in [-0.2, 0) is 16.1 Å². The summed E-state index contributed by atoms with van der Waals surface area (Å²) in [6, 6.07) is 16.9. The van der Waals surface area contributed by atoms with Gasteiger partial charge in [0.15, 0.2) is 0 Å². The first-order chi connectivity index (χ1) is 15.5. The summed E-state index contributed by atoms with van der Waals surface area (Å²) < 4.78 is 0. The molecule has 2 aromatic rings. The van der Waals surface area contributed by atoms with Crippen molar-refractivity contribution in [1.82, 2.24) is 4.90 Å². The van der Waals surface area contributed by atoms with Crippen LogP contribution in [0.1, 0.15) is 68.6 Å². The fourth-order valence-electron chi connectivity index (χ4n) is 4.65. The van der Waals surface area contributed by atoms with Gasteiger partial charge in [-0.25, -0.2) is 4.79 Å². The standard InChI is InChI=1S/C27H30N2O3/c1-2-3-11-24-28-27(16-7-8-17-27)26(32)29(24)19-21-14-12-20(13-15-21)18-23(25(30)31)22-9-5-4-6-10-22/h4-6,9-10,12-15,18H,2-3,7-8,11,16-17,19H2,1H3,(H,30,31)/b23-18+. The van der Waals surface area contributed by atoms with E-state index in [4.69, 9.17) is 4.99 Å². The third-order valence-electron chi connectivity index (χ3n) is 6.43. The molecule has 1 N–H and O–H groups in total. The number of aliphatic imine (C=N–C) groups is 1. The van der Waals surface area contributed by atoms with Crippen LogP contribution in [0.5, 0.6) is 0 Å². The van der Waals surface area contributed by atoms with E-state index in [0.717, 1.165) is 61.9 Å². The lowest BCUT2D eigenvalue weighted by atomic mass is 9.98. The highest BCUT2D eigenvalue weighted by Gasteiger charge is 2.49. The number of nitrogens with zero attached hydrogens (tertiary/aromatic N) is 2. The molecule has 0 atom stereocenters. The molecule has 2 aromatic carbocycles. The minimum atomic E-state index is -0.957. The molecule has 0 saturated heterocycles. The molecule has 1 heterocycles. The van der Waals surface area contributed by atoms with E-state index in [2.05, 4.69) is 6.92 Å². The number of carbonyl (C=O) groups is 2. The van der Waals surface area contributed by atoms with E-state index in [0.29, 0.717) is 12.1 Å². The normalized spacial score (nSPS) is 17.8. The highest BCUT2D eigenvalue weighted by molar-refractivity contribution is 6.20. The maximum atomic E-state index is 13.3. The van der Waals surface area contributed by atoms with E-state index in [9.17, 15) is 14.7 Å². The van der Waals surface area contributed by atoms with Gasteiger partial charge in [-0.15, -0.1) is 0 Å². The Morgan fingerprint density at radius 2 is 1.78 bits per heavy atom. The molecule has 5 nitrogen and oxygen atoms in total. The summed E-state index contributed by atoms with van der Waals surface area (Å²) in [4.78, 5) is 31.9. The van der Waals surface area contributed by atoms with Gasteiger partial charge in [0, 0.05) is 6.42 Å². The van der Waals surface area contributed by atoms with Gasteiger partial charge in [-0.3, -0.25) is 14.7 Å². The van der Waals surface area contributed by atoms with Crippen molar-refractivity contribution in [1.29, 1.82) is 0 Å². The molecule has 0 radical (unpaired) electrons. The average Bonchev–Trinajstić information content (AvgIpc) is 3.38. The Bertz CT molecular complexity index is 1030. The van der Waals surface area contributed by atoms with Crippen molar-refractivity contribution >= 4 is 29.4 Å². The molecule has 32 heavy (non-hydrogen) atoms. The fourth-order valence-corrected chi connectivity index (χ4v) is 4.65. The van der Waals surface area contributed by atoms with E-state index < -0.39 is 11.5 Å². The molecule has 166 valence electrons. The first kappa shape index (κ1) is 22.0. The number of amides is 1. The molecule has 1 amide bonds. The van der Waals surface area contributed by atoms with E-state index >= 15 is 0 Å². The van der Waals surface area contributed by atoms with Crippen molar-refractivity contribution < 1.29 is 14.7 Å². The van der Waals surface area contributed by atoms with Crippen LogP contribution >= 0.6 is 0 Å². The Morgan fingerprint density at radius 1 is 1.09 bits per heavy atom. The smallest absolute Gasteiger partial charge is 0.336 e. The van der Waals surface area contributed by atoms with E-state index in [-0.39, 0.29) is 11.5 Å². The summed E-state index contributed by atoms with van der Waals surface area (Å²) in [5.41, 5.74) is 2.24. The maximum absolute atomic E-state index is 13.3. The number of carbonyl (C=O) groups excluding carboxylic acids is 1. The van der Waals surface area contributed by atoms with Crippen molar-refractivity contribution in [2.24, 2.45) is 4.99 Å². The van der Waals surface area contributed by atoms with Crippen LogP contribution in [0.4, 0.5) is 0 Å². The van der Waals surface area contributed by atoms with Crippen molar-refractivity contribution in [2.45, 2.75) is 64.0 Å². The van der Waals surface area contributed by atoms with Crippen LogP contribution in [-0.4, -0.2) is 33.3 Å². The number of unbranched alkanes of at least 4 members (excludes halogenated alkanes) is 1. The van der Waals surface area contributed by atoms with Crippen molar-refractivity contribution in [3.05, 3.63) is 71.3 Å². The summed E-state index contributed by atoms with van der Waals surface area (Å²) in [6.45, 7) is 2.66. The van der Waals surface area contributed by atoms with Crippen molar-refractivity contribution in [3.8, 4) is 0 Å². The Labute approximate surface area is 189 Å². The zero-order chi connectivity index (χ0) is 22.6.